The Hall–Kier alpha value is -1.75. The molecule has 0 saturated heterocycles. The topological polar surface area (TPSA) is 42.0 Å². The Balaban J connectivity index is 1.96. The summed E-state index contributed by atoms with van der Waals surface area (Å²) in [7, 11) is 0. The number of carbonyl (C=O) groups excluding carboxylic acids is 1. The molecule has 22 heavy (non-hydrogen) atoms. The number of rotatable bonds is 6. The van der Waals surface area contributed by atoms with Crippen molar-refractivity contribution >= 4 is 17.2 Å². The maximum absolute atomic E-state index is 13.0. The standard InChI is InChI=1S/C17H21FN2OS/c1-11(2)16(13-4-6-14(18)7-5-13)17(21)19-9-8-15-10-22-12(3)20-15/h4-7,10-11,16H,8-9H2,1-3H3,(H,19,21). The Morgan fingerprint density at radius 1 is 1.32 bits per heavy atom. The molecule has 0 fully saturated rings. The van der Waals surface area contributed by atoms with Gasteiger partial charge in [0, 0.05) is 18.3 Å². The van der Waals surface area contributed by atoms with Crippen LogP contribution in [-0.4, -0.2) is 17.4 Å². The normalized spacial score (nSPS) is 12.4. The van der Waals surface area contributed by atoms with Gasteiger partial charge < -0.3 is 5.32 Å². The molecule has 2 rings (SSSR count). The van der Waals surface area contributed by atoms with Gasteiger partial charge in [-0.1, -0.05) is 26.0 Å². The second kappa shape index (κ2) is 7.49. The molecule has 1 amide bonds. The fourth-order valence-corrected chi connectivity index (χ4v) is 3.10. The summed E-state index contributed by atoms with van der Waals surface area (Å²) in [5.41, 5.74) is 1.85. The lowest BCUT2D eigenvalue weighted by Gasteiger charge is -2.20. The van der Waals surface area contributed by atoms with Gasteiger partial charge >= 0.3 is 0 Å². The SMILES string of the molecule is Cc1nc(CCNC(=O)C(c2ccc(F)cc2)C(C)C)cs1. The number of aromatic nitrogens is 1. The molecule has 0 spiro atoms. The van der Waals surface area contributed by atoms with Crippen LogP contribution in [0.15, 0.2) is 29.6 Å². The second-order valence-electron chi connectivity index (χ2n) is 5.67. The minimum Gasteiger partial charge on any atom is -0.355 e. The number of benzene rings is 1. The summed E-state index contributed by atoms with van der Waals surface area (Å²) in [4.78, 5) is 16.8. The molecule has 5 heteroatoms. The second-order valence-corrected chi connectivity index (χ2v) is 6.73. The van der Waals surface area contributed by atoms with Gasteiger partial charge in [-0.25, -0.2) is 9.37 Å². The smallest absolute Gasteiger partial charge is 0.227 e. The average Bonchev–Trinajstić information content (AvgIpc) is 2.86. The Morgan fingerprint density at radius 3 is 2.55 bits per heavy atom. The van der Waals surface area contributed by atoms with E-state index >= 15 is 0 Å². The van der Waals surface area contributed by atoms with Crippen LogP contribution in [0.1, 0.15) is 36.0 Å². The van der Waals surface area contributed by atoms with Crippen LogP contribution in [0.25, 0.3) is 0 Å². The Kier molecular flexibility index (Phi) is 5.66. The summed E-state index contributed by atoms with van der Waals surface area (Å²) in [5.74, 6) is -0.427. The highest BCUT2D eigenvalue weighted by Gasteiger charge is 2.23. The van der Waals surface area contributed by atoms with Gasteiger partial charge in [0.05, 0.1) is 16.6 Å². The van der Waals surface area contributed by atoms with Crippen LogP contribution in [0.4, 0.5) is 4.39 Å². The molecule has 3 nitrogen and oxygen atoms in total. The van der Waals surface area contributed by atoms with Gasteiger partial charge in [0.2, 0.25) is 5.91 Å². The lowest BCUT2D eigenvalue weighted by Crippen LogP contribution is -2.33. The predicted octanol–water partition coefficient (Wildman–Crippen LogP) is 3.69. The fourth-order valence-electron chi connectivity index (χ4n) is 2.46. The predicted molar refractivity (Wildman–Crippen MR) is 87.5 cm³/mol. The minimum absolute atomic E-state index is 0.0199. The summed E-state index contributed by atoms with van der Waals surface area (Å²) >= 11 is 1.61. The van der Waals surface area contributed by atoms with Crippen LogP contribution in [0.2, 0.25) is 0 Å². The van der Waals surface area contributed by atoms with Crippen molar-refractivity contribution in [3.05, 3.63) is 51.7 Å². The van der Waals surface area contributed by atoms with E-state index in [-0.39, 0.29) is 23.6 Å². The van der Waals surface area contributed by atoms with Gasteiger partial charge in [-0.05, 0) is 30.5 Å². The van der Waals surface area contributed by atoms with Crippen LogP contribution in [-0.2, 0) is 11.2 Å². The van der Waals surface area contributed by atoms with E-state index < -0.39 is 0 Å². The van der Waals surface area contributed by atoms with Gasteiger partial charge in [-0.3, -0.25) is 4.79 Å². The van der Waals surface area contributed by atoms with E-state index in [0.29, 0.717) is 6.54 Å². The zero-order valence-corrected chi connectivity index (χ0v) is 13.9. The highest BCUT2D eigenvalue weighted by molar-refractivity contribution is 7.09. The number of halogens is 1. The van der Waals surface area contributed by atoms with Crippen LogP contribution >= 0.6 is 11.3 Å². The van der Waals surface area contributed by atoms with Gasteiger partial charge in [0.25, 0.3) is 0 Å². The number of nitrogens with one attached hydrogen (secondary N) is 1. The third-order valence-electron chi connectivity index (χ3n) is 3.53. The molecule has 0 saturated carbocycles. The maximum Gasteiger partial charge on any atom is 0.227 e. The molecule has 2 aromatic rings. The molecule has 1 unspecified atom stereocenters. The minimum atomic E-state index is -0.287. The summed E-state index contributed by atoms with van der Waals surface area (Å²) in [6.45, 7) is 6.53. The highest BCUT2D eigenvalue weighted by atomic mass is 32.1. The van der Waals surface area contributed by atoms with Crippen LogP contribution in [0.5, 0.6) is 0 Å². The largest absolute Gasteiger partial charge is 0.355 e. The van der Waals surface area contributed by atoms with Crippen molar-refractivity contribution in [1.82, 2.24) is 10.3 Å². The van der Waals surface area contributed by atoms with Crippen LogP contribution < -0.4 is 5.32 Å². The molecule has 1 aromatic heterocycles. The van der Waals surface area contributed by atoms with Crippen molar-refractivity contribution in [2.45, 2.75) is 33.1 Å². The third kappa shape index (κ3) is 4.37. The molecule has 1 atom stereocenters. The molecule has 1 N–H and O–H groups in total. The summed E-state index contributed by atoms with van der Waals surface area (Å²) < 4.78 is 13.0. The van der Waals surface area contributed by atoms with Gasteiger partial charge in [-0.15, -0.1) is 11.3 Å². The van der Waals surface area contributed by atoms with Gasteiger partial charge in [-0.2, -0.15) is 0 Å². The van der Waals surface area contributed by atoms with Crippen molar-refractivity contribution in [1.29, 1.82) is 0 Å². The first-order valence-corrected chi connectivity index (χ1v) is 8.29. The van der Waals surface area contributed by atoms with Crippen LogP contribution in [0.3, 0.4) is 0 Å². The zero-order chi connectivity index (χ0) is 16.1. The maximum atomic E-state index is 13.0. The van der Waals surface area contributed by atoms with E-state index in [1.165, 1.54) is 12.1 Å². The van der Waals surface area contributed by atoms with Gasteiger partial charge in [0.1, 0.15) is 5.82 Å². The van der Waals surface area contributed by atoms with E-state index in [9.17, 15) is 9.18 Å². The molecule has 0 radical (unpaired) electrons. The van der Waals surface area contributed by atoms with E-state index in [1.807, 2.05) is 26.2 Å². The van der Waals surface area contributed by atoms with E-state index in [2.05, 4.69) is 10.3 Å². The number of thiazole rings is 1. The lowest BCUT2D eigenvalue weighted by molar-refractivity contribution is -0.123. The number of amides is 1. The van der Waals surface area contributed by atoms with Crippen molar-refractivity contribution in [3.8, 4) is 0 Å². The van der Waals surface area contributed by atoms with Gasteiger partial charge in [0.15, 0.2) is 0 Å². The molecule has 1 heterocycles. The molecular weight excluding hydrogens is 299 g/mol. The molecule has 1 aromatic carbocycles. The highest BCUT2D eigenvalue weighted by Crippen LogP contribution is 2.24. The van der Waals surface area contributed by atoms with Crippen molar-refractivity contribution in [2.24, 2.45) is 5.92 Å². The van der Waals surface area contributed by atoms with E-state index in [1.54, 1.807) is 23.5 Å². The number of carbonyl (C=O) groups is 1. The number of aryl methyl sites for hydroxylation is 1. The number of nitrogens with zero attached hydrogens (tertiary/aromatic N) is 1. The zero-order valence-electron chi connectivity index (χ0n) is 13.1. The first-order chi connectivity index (χ1) is 10.5. The Bertz CT molecular complexity index is 622. The molecule has 0 bridgehead atoms. The molecule has 0 aliphatic carbocycles. The first kappa shape index (κ1) is 16.6. The van der Waals surface area contributed by atoms with Crippen molar-refractivity contribution < 1.29 is 9.18 Å². The van der Waals surface area contributed by atoms with Crippen LogP contribution in [0, 0.1) is 18.7 Å². The quantitative estimate of drug-likeness (QED) is 0.882. The molecular formula is C17H21FN2OS. The van der Waals surface area contributed by atoms with E-state index in [0.717, 1.165) is 22.7 Å². The Morgan fingerprint density at radius 2 is 2.00 bits per heavy atom. The summed E-state index contributed by atoms with van der Waals surface area (Å²) in [6.07, 6.45) is 0.727. The molecule has 118 valence electrons. The Labute approximate surface area is 134 Å². The fraction of sp³-hybridized carbons (Fsp3) is 0.412. The summed E-state index contributed by atoms with van der Waals surface area (Å²) in [6, 6.07) is 6.17. The van der Waals surface area contributed by atoms with E-state index in [4.69, 9.17) is 0 Å². The lowest BCUT2D eigenvalue weighted by atomic mass is 9.87. The molecule has 0 aliphatic rings. The molecule has 0 aliphatic heterocycles. The number of hydrogen-bond acceptors (Lipinski definition) is 3. The summed E-state index contributed by atoms with van der Waals surface area (Å²) in [5, 5.41) is 6.02. The van der Waals surface area contributed by atoms with Crippen molar-refractivity contribution in [3.63, 3.8) is 0 Å². The third-order valence-corrected chi connectivity index (χ3v) is 4.35. The monoisotopic (exact) mass is 320 g/mol. The average molecular weight is 320 g/mol. The first-order valence-electron chi connectivity index (χ1n) is 7.41. The number of hydrogen-bond donors (Lipinski definition) is 1. The van der Waals surface area contributed by atoms with Crippen molar-refractivity contribution in [2.75, 3.05) is 6.54 Å².